The highest BCUT2D eigenvalue weighted by Gasteiger charge is 2.55. The molecule has 7 aromatic rings. The number of amides is 3. The molecule has 3 amide bonds. The van der Waals surface area contributed by atoms with Crippen molar-refractivity contribution in [3.63, 3.8) is 0 Å². The maximum atomic E-state index is 13.8. The fourth-order valence-corrected chi connectivity index (χ4v) is 9.43. The van der Waals surface area contributed by atoms with Crippen LogP contribution in [0.2, 0.25) is 0 Å². The first-order valence-corrected chi connectivity index (χ1v) is 21.3. The lowest BCUT2D eigenvalue weighted by molar-refractivity contribution is -1.15. The van der Waals surface area contributed by atoms with E-state index in [1.54, 1.807) is 30.0 Å². The van der Waals surface area contributed by atoms with Crippen LogP contribution in [-0.2, 0) is 14.3 Å². The summed E-state index contributed by atoms with van der Waals surface area (Å²) >= 11 is 0. The zero-order valence-electron chi connectivity index (χ0n) is 35.6. The Morgan fingerprint density at radius 3 is 2.21 bits per heavy atom. The van der Waals surface area contributed by atoms with Crippen LogP contribution >= 0.6 is 0 Å². The number of imidazole rings is 2. The average Bonchev–Trinajstić information content (AvgIpc) is 4.16. The molecule has 2 aliphatic rings. The van der Waals surface area contributed by atoms with Crippen molar-refractivity contribution < 1.29 is 38.9 Å². The minimum atomic E-state index is -1.34. The molecule has 5 N–H and O–H groups in total. The monoisotopic (exact) mass is 851 g/mol. The smallest absolute Gasteiger partial charge is 0.453 e. The molecule has 4 unspecified atom stereocenters. The predicted molar refractivity (Wildman–Crippen MR) is 237 cm³/mol. The van der Waals surface area contributed by atoms with Gasteiger partial charge in [-0.3, -0.25) is 4.79 Å². The number of alkyl carbamates (subject to hydrolysis) is 1. The molecule has 63 heavy (non-hydrogen) atoms. The molecule has 15 nitrogen and oxygen atoms in total. The second-order valence-corrected chi connectivity index (χ2v) is 16.6. The number of carbonyl (C=O) groups excluding carboxylic acids is 2. The third-order valence-corrected chi connectivity index (χ3v) is 13.0. The van der Waals surface area contributed by atoms with E-state index in [1.165, 1.54) is 14.2 Å². The van der Waals surface area contributed by atoms with Gasteiger partial charge in [0, 0.05) is 34.9 Å². The minimum Gasteiger partial charge on any atom is -0.453 e. The Bertz CT molecular complexity index is 2840. The Morgan fingerprint density at radius 2 is 1.48 bits per heavy atom. The molecular formula is C48H51N8O7+. The minimum absolute atomic E-state index is 0.247. The van der Waals surface area contributed by atoms with E-state index < -0.39 is 41.2 Å². The van der Waals surface area contributed by atoms with Crippen molar-refractivity contribution in [3.05, 3.63) is 120 Å². The standard InChI is InChI=1S/C48H50N8O7/c1-28(30-10-6-5-7-11-30)56(61,48(59)60)55-23-9-13-41(55)44-49-27-39(51-44)36-17-16-32-24-31(14-15-33(32)26-36)34-18-20-37-35(25-34)19-21-38-43(37)52-45(50-38)40-12-8-22-54(40)46(57)42(29(2)62-3)53-47(58)63-4/h5-7,10-11,14-21,24-29,40-42,61H,8-9,12-13,22-23H2,1-4H3,(H3-,49,50,51,52,53,58,59,60)/p+1/t28?,29-,40?,41?,42+,56?/m1/s1. The number of nitrogens with zero attached hydrogens (tertiary/aromatic N) is 5. The van der Waals surface area contributed by atoms with Gasteiger partial charge < -0.3 is 34.8 Å². The van der Waals surface area contributed by atoms with Crippen LogP contribution in [0.15, 0.2) is 103 Å². The number of rotatable bonds is 11. The summed E-state index contributed by atoms with van der Waals surface area (Å²) in [6, 6.07) is 30.0. The van der Waals surface area contributed by atoms with Crippen LogP contribution in [0.3, 0.4) is 0 Å². The van der Waals surface area contributed by atoms with Gasteiger partial charge in [-0.1, -0.05) is 72.8 Å². The van der Waals surface area contributed by atoms with Crippen molar-refractivity contribution in [1.82, 2.24) is 35.2 Å². The summed E-state index contributed by atoms with van der Waals surface area (Å²) in [6.45, 7) is 4.41. The first-order valence-electron chi connectivity index (χ1n) is 21.3. The number of carboxylic acid groups (broad SMARTS) is 1. The van der Waals surface area contributed by atoms with Crippen molar-refractivity contribution >= 4 is 50.7 Å². The molecule has 6 atom stereocenters. The Morgan fingerprint density at radius 1 is 0.810 bits per heavy atom. The maximum absolute atomic E-state index is 13.8. The van der Waals surface area contributed by atoms with Gasteiger partial charge in [0.05, 0.1) is 48.7 Å². The van der Waals surface area contributed by atoms with Crippen LogP contribution in [0.5, 0.6) is 0 Å². The molecule has 0 bridgehead atoms. The molecule has 0 radical (unpaired) electrons. The highest BCUT2D eigenvalue weighted by molar-refractivity contribution is 6.05. The zero-order chi connectivity index (χ0) is 44.0. The topological polar surface area (TPSA) is 186 Å². The molecule has 5 aromatic carbocycles. The lowest BCUT2D eigenvalue weighted by atomic mass is 9.97. The Kier molecular flexibility index (Phi) is 11.2. The highest BCUT2D eigenvalue weighted by atomic mass is 16.7. The molecule has 2 aliphatic heterocycles. The van der Waals surface area contributed by atoms with Crippen LogP contribution < -0.4 is 5.32 Å². The summed E-state index contributed by atoms with van der Waals surface area (Å²) in [6.07, 6.45) is 2.09. The first kappa shape index (κ1) is 41.7. The SMILES string of the molecule is COC(=O)N[C@H](C(=O)N1CCCC1c1nc2c(ccc3cc(-c4ccc5cc(-c6cnc(C7CCCN7[N+](O)(C(=O)O)C(C)c7ccccc7)[nH]6)ccc5c4)ccc32)[nH]1)[C@@H](C)OC. The van der Waals surface area contributed by atoms with Crippen molar-refractivity contribution in [2.45, 2.75) is 69.8 Å². The Balaban J connectivity index is 0.938. The molecule has 2 saturated heterocycles. The van der Waals surface area contributed by atoms with E-state index >= 15 is 0 Å². The molecule has 324 valence electrons. The van der Waals surface area contributed by atoms with Gasteiger partial charge in [0.15, 0.2) is 6.04 Å². The molecule has 0 saturated carbocycles. The second-order valence-electron chi connectivity index (χ2n) is 16.6. The number of hydrogen-bond acceptors (Lipinski definition) is 9. The van der Waals surface area contributed by atoms with Gasteiger partial charge >= 0.3 is 12.2 Å². The fourth-order valence-electron chi connectivity index (χ4n) is 9.43. The van der Waals surface area contributed by atoms with Crippen LogP contribution in [0.4, 0.5) is 9.59 Å². The van der Waals surface area contributed by atoms with E-state index in [1.807, 2.05) is 36.4 Å². The number of fused-ring (bicyclic) bond motifs is 4. The number of quaternary nitrogens is 1. The maximum Gasteiger partial charge on any atom is 0.568 e. The van der Waals surface area contributed by atoms with E-state index in [4.69, 9.17) is 19.4 Å². The van der Waals surface area contributed by atoms with Crippen molar-refractivity contribution in [1.29, 1.82) is 0 Å². The van der Waals surface area contributed by atoms with E-state index in [2.05, 4.69) is 75.9 Å². The molecule has 0 aliphatic carbocycles. The molecule has 2 aromatic heterocycles. The molecule has 2 fully saturated rings. The summed E-state index contributed by atoms with van der Waals surface area (Å²) in [5.74, 6) is 1.07. The second kappa shape index (κ2) is 16.9. The number of H-pyrrole nitrogens is 2. The van der Waals surface area contributed by atoms with Crippen LogP contribution in [0, 0.1) is 0 Å². The number of hydroxylamine groups is 2. The highest BCUT2D eigenvalue weighted by Crippen LogP contribution is 2.41. The van der Waals surface area contributed by atoms with Gasteiger partial charge in [-0.2, -0.15) is 10.0 Å². The van der Waals surface area contributed by atoms with Crippen LogP contribution in [0.25, 0.3) is 55.0 Å². The van der Waals surface area contributed by atoms with Gasteiger partial charge in [0.1, 0.15) is 23.7 Å². The predicted octanol–water partition coefficient (Wildman–Crippen LogP) is 9.05. The van der Waals surface area contributed by atoms with Crippen LogP contribution in [-0.4, -0.2) is 102 Å². The van der Waals surface area contributed by atoms with Gasteiger partial charge in [-0.25, -0.2) is 14.8 Å². The lowest BCUT2D eigenvalue weighted by Gasteiger charge is -2.38. The fraction of sp³-hybridized carbons (Fsp3) is 0.312. The van der Waals surface area contributed by atoms with Gasteiger partial charge in [-0.15, -0.1) is 5.01 Å². The number of aromatic amines is 2. The number of methoxy groups -OCH3 is 2. The quantitative estimate of drug-likeness (QED) is 0.0478. The normalized spacial score (nSPS) is 19.3. The number of nitrogens with one attached hydrogen (secondary N) is 3. The Labute approximate surface area is 363 Å². The summed E-state index contributed by atoms with van der Waals surface area (Å²) < 4.78 is 8.96. The number of carbonyl (C=O) groups is 3. The van der Waals surface area contributed by atoms with Crippen LogP contribution in [0.1, 0.15) is 74.9 Å². The van der Waals surface area contributed by atoms with E-state index in [0.717, 1.165) is 79.8 Å². The van der Waals surface area contributed by atoms with Crippen molar-refractivity contribution in [3.8, 4) is 22.4 Å². The zero-order valence-corrected chi connectivity index (χ0v) is 35.6. The van der Waals surface area contributed by atoms with Crippen molar-refractivity contribution in [2.24, 2.45) is 0 Å². The molecule has 15 heteroatoms. The van der Waals surface area contributed by atoms with E-state index in [-0.39, 0.29) is 11.9 Å². The van der Waals surface area contributed by atoms with Gasteiger partial charge in [0.25, 0.3) is 0 Å². The molecule has 4 heterocycles. The average molecular weight is 852 g/mol. The third kappa shape index (κ3) is 7.56. The lowest BCUT2D eigenvalue weighted by Crippen LogP contribution is -2.61. The number of likely N-dealkylation sites (tertiary alicyclic amines) is 1. The van der Waals surface area contributed by atoms with E-state index in [0.29, 0.717) is 31.2 Å². The van der Waals surface area contributed by atoms with E-state index in [9.17, 15) is 24.7 Å². The molecule has 0 spiro atoms. The molecule has 9 rings (SSSR count). The largest absolute Gasteiger partial charge is 0.568 e. The summed E-state index contributed by atoms with van der Waals surface area (Å²) in [5.41, 5.74) is 6.31. The number of aromatic nitrogens is 4. The Hall–Kier alpha value is -6.65. The van der Waals surface area contributed by atoms with Gasteiger partial charge in [0.2, 0.25) is 5.91 Å². The summed E-state index contributed by atoms with van der Waals surface area (Å²) in [4.78, 5) is 57.1. The summed E-state index contributed by atoms with van der Waals surface area (Å²) in [7, 11) is 2.77. The third-order valence-electron chi connectivity index (χ3n) is 13.0. The van der Waals surface area contributed by atoms with Gasteiger partial charge in [-0.05, 0) is 91.1 Å². The molecular weight excluding hydrogens is 801 g/mol. The number of ether oxygens (including phenoxy) is 2. The number of hydrogen-bond donors (Lipinski definition) is 5. The number of benzene rings is 5. The summed E-state index contributed by atoms with van der Waals surface area (Å²) in [5, 5.41) is 30.6. The first-order chi connectivity index (χ1) is 30.5. The van der Waals surface area contributed by atoms with Crippen molar-refractivity contribution in [2.75, 3.05) is 27.3 Å².